The first kappa shape index (κ1) is 15.7. The Bertz CT molecular complexity index is 622. The molecule has 0 bridgehead atoms. The molecule has 7 nitrogen and oxygen atoms in total. The summed E-state index contributed by atoms with van der Waals surface area (Å²) in [6.45, 7) is 1.48. The third-order valence-electron chi connectivity index (χ3n) is 3.18. The topological polar surface area (TPSA) is 105 Å². The molecule has 1 atom stereocenters. The highest BCUT2D eigenvalue weighted by atomic mass is 32.2. The Morgan fingerprint density at radius 2 is 2.24 bits per heavy atom. The smallest absolute Gasteiger partial charge is 0.338 e. The van der Waals surface area contributed by atoms with E-state index in [-0.39, 0.29) is 28.7 Å². The van der Waals surface area contributed by atoms with E-state index >= 15 is 0 Å². The summed E-state index contributed by atoms with van der Waals surface area (Å²) in [6, 6.07) is 3.96. The van der Waals surface area contributed by atoms with Gasteiger partial charge in [0.15, 0.2) is 0 Å². The highest BCUT2D eigenvalue weighted by Gasteiger charge is 2.21. The van der Waals surface area contributed by atoms with E-state index in [0.717, 1.165) is 12.5 Å². The van der Waals surface area contributed by atoms with Gasteiger partial charge in [-0.25, -0.2) is 18.4 Å². The number of ether oxygens (including phenoxy) is 3. The van der Waals surface area contributed by atoms with E-state index in [1.807, 2.05) is 0 Å². The molecule has 21 heavy (non-hydrogen) atoms. The summed E-state index contributed by atoms with van der Waals surface area (Å²) in [5, 5.41) is 5.10. The lowest BCUT2D eigenvalue weighted by atomic mass is 10.1. The summed E-state index contributed by atoms with van der Waals surface area (Å²) in [5.41, 5.74) is 0.110. The molecule has 2 N–H and O–H groups in total. The molecular weight excluding hydrogens is 298 g/mol. The number of esters is 1. The number of hydrogen-bond donors (Lipinski definition) is 1. The van der Waals surface area contributed by atoms with Gasteiger partial charge in [-0.05, 0) is 24.6 Å². The van der Waals surface area contributed by atoms with Crippen molar-refractivity contribution in [3.8, 4) is 5.75 Å². The SMILES string of the molecule is COc1ccc(C(=O)OCC2CCOC2)cc1S(N)(=O)=O. The number of hydrogen-bond acceptors (Lipinski definition) is 6. The Balaban J connectivity index is 2.13. The second-order valence-corrected chi connectivity index (χ2v) is 6.27. The summed E-state index contributed by atoms with van der Waals surface area (Å²) in [5.74, 6) is -0.336. The molecule has 1 aliphatic rings. The Morgan fingerprint density at radius 3 is 2.81 bits per heavy atom. The third kappa shape index (κ3) is 3.93. The molecule has 116 valence electrons. The van der Waals surface area contributed by atoms with Gasteiger partial charge in [0.25, 0.3) is 0 Å². The fourth-order valence-electron chi connectivity index (χ4n) is 2.02. The van der Waals surface area contributed by atoms with Crippen molar-refractivity contribution in [1.82, 2.24) is 0 Å². The molecule has 1 unspecified atom stereocenters. The normalized spacial score (nSPS) is 18.5. The zero-order valence-corrected chi connectivity index (χ0v) is 12.4. The van der Waals surface area contributed by atoms with Crippen LogP contribution in [0.1, 0.15) is 16.8 Å². The maximum Gasteiger partial charge on any atom is 0.338 e. The average molecular weight is 315 g/mol. The van der Waals surface area contributed by atoms with Crippen LogP contribution in [0.15, 0.2) is 23.1 Å². The minimum Gasteiger partial charge on any atom is -0.495 e. The predicted molar refractivity (Wildman–Crippen MR) is 73.6 cm³/mol. The molecule has 1 saturated heterocycles. The van der Waals surface area contributed by atoms with Gasteiger partial charge in [0.1, 0.15) is 10.6 Å². The quantitative estimate of drug-likeness (QED) is 0.795. The molecule has 0 amide bonds. The molecule has 0 aromatic heterocycles. The van der Waals surface area contributed by atoms with E-state index in [1.54, 1.807) is 0 Å². The number of methoxy groups -OCH3 is 1. The van der Waals surface area contributed by atoms with Gasteiger partial charge in [-0.1, -0.05) is 0 Å². The zero-order chi connectivity index (χ0) is 15.5. The zero-order valence-electron chi connectivity index (χ0n) is 11.6. The summed E-state index contributed by atoms with van der Waals surface area (Å²) >= 11 is 0. The Labute approximate surface area is 123 Å². The van der Waals surface area contributed by atoms with Crippen LogP contribution in [0.5, 0.6) is 5.75 Å². The number of carbonyl (C=O) groups excluding carboxylic acids is 1. The van der Waals surface area contributed by atoms with Crippen LogP contribution in [0, 0.1) is 5.92 Å². The maximum absolute atomic E-state index is 11.9. The van der Waals surface area contributed by atoms with Crippen molar-refractivity contribution in [3.05, 3.63) is 23.8 Å². The summed E-state index contributed by atoms with van der Waals surface area (Å²) in [6.07, 6.45) is 0.846. The molecule has 1 fully saturated rings. The first-order chi connectivity index (χ1) is 9.91. The van der Waals surface area contributed by atoms with Gasteiger partial charge in [-0.15, -0.1) is 0 Å². The fourth-order valence-corrected chi connectivity index (χ4v) is 2.74. The van der Waals surface area contributed by atoms with Crippen LogP contribution in [0.4, 0.5) is 0 Å². The lowest BCUT2D eigenvalue weighted by Gasteiger charge is -2.11. The highest BCUT2D eigenvalue weighted by Crippen LogP contribution is 2.24. The number of carbonyl (C=O) groups is 1. The van der Waals surface area contributed by atoms with Gasteiger partial charge >= 0.3 is 5.97 Å². The monoisotopic (exact) mass is 315 g/mol. The standard InChI is InChI=1S/C13H17NO6S/c1-18-11-3-2-10(6-12(11)21(14,16)17)13(15)20-8-9-4-5-19-7-9/h2-3,6,9H,4-5,7-8H2,1H3,(H2,14,16,17). The first-order valence-electron chi connectivity index (χ1n) is 6.37. The molecule has 0 radical (unpaired) electrons. The van der Waals surface area contributed by atoms with Crippen LogP contribution in [0.2, 0.25) is 0 Å². The molecule has 0 saturated carbocycles. The number of benzene rings is 1. The lowest BCUT2D eigenvalue weighted by molar-refractivity contribution is 0.0428. The van der Waals surface area contributed by atoms with Crippen molar-refractivity contribution >= 4 is 16.0 Å². The maximum atomic E-state index is 11.9. The van der Waals surface area contributed by atoms with Gasteiger partial charge in [0.2, 0.25) is 10.0 Å². The van der Waals surface area contributed by atoms with E-state index in [9.17, 15) is 13.2 Å². The van der Waals surface area contributed by atoms with Crippen LogP contribution in [-0.2, 0) is 19.5 Å². The number of primary sulfonamides is 1. The van der Waals surface area contributed by atoms with Gasteiger partial charge in [-0.3, -0.25) is 0 Å². The Kier molecular flexibility index (Phi) is 4.81. The van der Waals surface area contributed by atoms with Crippen LogP contribution >= 0.6 is 0 Å². The molecule has 1 heterocycles. The van der Waals surface area contributed by atoms with Gasteiger partial charge in [0, 0.05) is 12.5 Å². The Morgan fingerprint density at radius 1 is 1.48 bits per heavy atom. The minimum absolute atomic E-state index is 0.0817. The van der Waals surface area contributed by atoms with Crippen LogP contribution < -0.4 is 9.88 Å². The average Bonchev–Trinajstić information content (AvgIpc) is 2.96. The highest BCUT2D eigenvalue weighted by molar-refractivity contribution is 7.89. The summed E-state index contributed by atoms with van der Waals surface area (Å²) in [4.78, 5) is 11.7. The van der Waals surface area contributed by atoms with E-state index in [0.29, 0.717) is 13.2 Å². The fraction of sp³-hybridized carbons (Fsp3) is 0.462. The third-order valence-corrected chi connectivity index (χ3v) is 4.11. The molecule has 2 rings (SSSR count). The molecule has 1 aromatic carbocycles. The van der Waals surface area contributed by atoms with Crippen molar-refractivity contribution in [2.45, 2.75) is 11.3 Å². The second-order valence-electron chi connectivity index (χ2n) is 4.74. The predicted octanol–water partition coefficient (Wildman–Crippen LogP) is 0.536. The number of rotatable bonds is 5. The first-order valence-corrected chi connectivity index (χ1v) is 7.92. The van der Waals surface area contributed by atoms with E-state index < -0.39 is 16.0 Å². The van der Waals surface area contributed by atoms with Gasteiger partial charge < -0.3 is 14.2 Å². The molecule has 0 aliphatic carbocycles. The molecular formula is C13H17NO6S. The van der Waals surface area contributed by atoms with Crippen LogP contribution in [0.3, 0.4) is 0 Å². The molecule has 8 heteroatoms. The number of sulfonamides is 1. The summed E-state index contributed by atoms with van der Waals surface area (Å²) < 4.78 is 38.2. The van der Waals surface area contributed by atoms with E-state index in [1.165, 1.54) is 19.2 Å². The van der Waals surface area contributed by atoms with Crippen LogP contribution in [-0.4, -0.2) is 41.3 Å². The van der Waals surface area contributed by atoms with Crippen LogP contribution in [0.25, 0.3) is 0 Å². The molecule has 1 aliphatic heterocycles. The summed E-state index contributed by atoms with van der Waals surface area (Å²) in [7, 11) is -2.66. The van der Waals surface area contributed by atoms with Crippen molar-refractivity contribution < 1.29 is 27.4 Å². The van der Waals surface area contributed by atoms with Crippen molar-refractivity contribution in [2.24, 2.45) is 11.1 Å². The van der Waals surface area contributed by atoms with Gasteiger partial charge in [-0.2, -0.15) is 0 Å². The van der Waals surface area contributed by atoms with E-state index in [4.69, 9.17) is 19.3 Å². The Hall–Kier alpha value is -1.64. The molecule has 0 spiro atoms. The van der Waals surface area contributed by atoms with Gasteiger partial charge in [0.05, 0.1) is 25.9 Å². The largest absolute Gasteiger partial charge is 0.495 e. The minimum atomic E-state index is -3.98. The second kappa shape index (κ2) is 6.42. The lowest BCUT2D eigenvalue weighted by Crippen LogP contribution is -2.17. The van der Waals surface area contributed by atoms with Crippen molar-refractivity contribution in [3.63, 3.8) is 0 Å². The number of nitrogens with two attached hydrogens (primary N) is 1. The van der Waals surface area contributed by atoms with Crippen molar-refractivity contribution in [2.75, 3.05) is 26.9 Å². The van der Waals surface area contributed by atoms with E-state index in [2.05, 4.69) is 0 Å². The molecule has 1 aromatic rings. The van der Waals surface area contributed by atoms with Crippen molar-refractivity contribution in [1.29, 1.82) is 0 Å².